The Morgan fingerprint density at radius 1 is 1.33 bits per heavy atom. The third-order valence-corrected chi connectivity index (χ3v) is 3.02. The Labute approximate surface area is 105 Å². The maximum absolute atomic E-state index is 13.1. The maximum Gasteiger partial charge on any atom is 0.267 e. The number of piperazine rings is 1. The predicted molar refractivity (Wildman–Crippen MR) is 67.3 cm³/mol. The number of hydrogen-bond acceptors (Lipinski definition) is 4. The summed E-state index contributed by atoms with van der Waals surface area (Å²) in [6.07, 6.45) is 0. The number of benzene rings is 1. The molecule has 0 saturated carbocycles. The predicted octanol–water partition coefficient (Wildman–Crippen LogP) is 0.300. The first-order chi connectivity index (χ1) is 8.56. The first kappa shape index (κ1) is 12.8. The molecule has 0 bridgehead atoms. The van der Waals surface area contributed by atoms with E-state index in [0.717, 1.165) is 32.2 Å². The van der Waals surface area contributed by atoms with Crippen molar-refractivity contribution in [1.82, 2.24) is 15.3 Å². The molecule has 5 nitrogen and oxygen atoms in total. The van der Waals surface area contributed by atoms with Crippen molar-refractivity contribution in [3.63, 3.8) is 0 Å². The third-order valence-electron chi connectivity index (χ3n) is 3.02. The van der Waals surface area contributed by atoms with Gasteiger partial charge in [0.2, 0.25) is 0 Å². The Hall–Kier alpha value is -1.66. The number of hydrogen-bond donors (Lipinski definition) is 2. The standard InChI is InChI=1S/C12H17FN4O/c1-16-4-6-17(7-5-16)15-12(18)10-8-9(13)2-3-11(10)14/h2-3,8H,4-7,14H2,1H3,(H,15,18). The van der Waals surface area contributed by atoms with E-state index < -0.39 is 5.82 Å². The van der Waals surface area contributed by atoms with E-state index in [2.05, 4.69) is 10.3 Å². The van der Waals surface area contributed by atoms with E-state index in [1.165, 1.54) is 12.1 Å². The summed E-state index contributed by atoms with van der Waals surface area (Å²) >= 11 is 0. The van der Waals surface area contributed by atoms with Gasteiger partial charge in [0.15, 0.2) is 0 Å². The van der Waals surface area contributed by atoms with E-state index in [-0.39, 0.29) is 17.2 Å². The lowest BCUT2D eigenvalue weighted by molar-refractivity contribution is 0.0663. The summed E-state index contributed by atoms with van der Waals surface area (Å²) in [5.74, 6) is -0.829. The van der Waals surface area contributed by atoms with E-state index in [9.17, 15) is 9.18 Å². The highest BCUT2D eigenvalue weighted by Crippen LogP contribution is 2.13. The highest BCUT2D eigenvalue weighted by Gasteiger charge is 2.18. The summed E-state index contributed by atoms with van der Waals surface area (Å²) in [4.78, 5) is 14.1. The van der Waals surface area contributed by atoms with Gasteiger partial charge in [-0.1, -0.05) is 0 Å². The number of nitrogens with zero attached hydrogens (tertiary/aromatic N) is 2. The zero-order valence-corrected chi connectivity index (χ0v) is 10.3. The van der Waals surface area contributed by atoms with Crippen molar-refractivity contribution < 1.29 is 9.18 Å². The molecule has 1 aliphatic rings. The van der Waals surface area contributed by atoms with Gasteiger partial charge in [-0.05, 0) is 25.2 Å². The lowest BCUT2D eigenvalue weighted by atomic mass is 10.1. The topological polar surface area (TPSA) is 61.6 Å². The molecule has 1 heterocycles. The van der Waals surface area contributed by atoms with Crippen LogP contribution in [0.1, 0.15) is 10.4 Å². The number of carbonyl (C=O) groups is 1. The number of likely N-dealkylation sites (N-methyl/N-ethyl adjacent to an activating group) is 1. The normalized spacial score (nSPS) is 17.7. The Morgan fingerprint density at radius 3 is 2.67 bits per heavy atom. The molecule has 1 aromatic rings. The monoisotopic (exact) mass is 252 g/mol. The molecule has 6 heteroatoms. The number of nitrogens with two attached hydrogens (primary N) is 1. The van der Waals surface area contributed by atoms with Crippen LogP contribution >= 0.6 is 0 Å². The van der Waals surface area contributed by atoms with E-state index >= 15 is 0 Å². The van der Waals surface area contributed by atoms with E-state index in [4.69, 9.17) is 5.73 Å². The SMILES string of the molecule is CN1CCN(NC(=O)c2cc(F)ccc2N)CC1. The second kappa shape index (κ2) is 5.32. The number of anilines is 1. The minimum atomic E-state index is -0.465. The van der Waals surface area contributed by atoms with Crippen molar-refractivity contribution in [3.05, 3.63) is 29.6 Å². The molecule has 1 aliphatic heterocycles. The fraction of sp³-hybridized carbons (Fsp3) is 0.417. The Balaban J connectivity index is 2.01. The molecular formula is C12H17FN4O. The van der Waals surface area contributed by atoms with Gasteiger partial charge in [-0.15, -0.1) is 0 Å². The van der Waals surface area contributed by atoms with Gasteiger partial charge in [-0.2, -0.15) is 0 Å². The van der Waals surface area contributed by atoms with Crippen LogP contribution < -0.4 is 11.2 Å². The van der Waals surface area contributed by atoms with Crippen LogP contribution in [0.15, 0.2) is 18.2 Å². The molecule has 0 atom stereocenters. The van der Waals surface area contributed by atoms with Crippen LogP contribution in [0.5, 0.6) is 0 Å². The van der Waals surface area contributed by atoms with Crippen LogP contribution in [0, 0.1) is 5.82 Å². The number of nitrogen functional groups attached to an aromatic ring is 1. The first-order valence-electron chi connectivity index (χ1n) is 5.86. The smallest absolute Gasteiger partial charge is 0.267 e. The summed E-state index contributed by atoms with van der Waals surface area (Å²) < 4.78 is 13.1. The Bertz CT molecular complexity index is 444. The number of rotatable bonds is 2. The number of hydrazine groups is 1. The third kappa shape index (κ3) is 2.96. The van der Waals surface area contributed by atoms with Crippen molar-refractivity contribution in [1.29, 1.82) is 0 Å². The van der Waals surface area contributed by atoms with Crippen molar-refractivity contribution in [2.45, 2.75) is 0 Å². The van der Waals surface area contributed by atoms with Crippen LogP contribution in [0.2, 0.25) is 0 Å². The van der Waals surface area contributed by atoms with Crippen molar-refractivity contribution in [2.75, 3.05) is 39.0 Å². The van der Waals surface area contributed by atoms with Gasteiger partial charge in [0.25, 0.3) is 5.91 Å². The highest BCUT2D eigenvalue weighted by molar-refractivity contribution is 5.98. The molecule has 0 spiro atoms. The largest absolute Gasteiger partial charge is 0.398 e. The first-order valence-corrected chi connectivity index (χ1v) is 5.86. The van der Waals surface area contributed by atoms with E-state index in [0.29, 0.717) is 0 Å². The van der Waals surface area contributed by atoms with Gasteiger partial charge in [0.1, 0.15) is 5.82 Å². The second-order valence-corrected chi connectivity index (χ2v) is 4.46. The quantitative estimate of drug-likeness (QED) is 0.743. The lowest BCUT2D eigenvalue weighted by Crippen LogP contribution is -2.52. The number of nitrogens with one attached hydrogen (secondary N) is 1. The summed E-state index contributed by atoms with van der Waals surface area (Å²) in [5, 5.41) is 1.83. The van der Waals surface area contributed by atoms with Crippen LogP contribution in [-0.4, -0.2) is 49.0 Å². The maximum atomic E-state index is 13.1. The molecule has 18 heavy (non-hydrogen) atoms. The van der Waals surface area contributed by atoms with Crippen LogP contribution in [0.4, 0.5) is 10.1 Å². The van der Waals surface area contributed by atoms with Crippen LogP contribution in [0.3, 0.4) is 0 Å². The average molecular weight is 252 g/mol. The fourth-order valence-electron chi connectivity index (χ4n) is 1.85. The molecule has 0 unspecified atom stereocenters. The number of amides is 1. The van der Waals surface area contributed by atoms with Gasteiger partial charge in [-0.3, -0.25) is 10.2 Å². The van der Waals surface area contributed by atoms with Crippen molar-refractivity contribution >= 4 is 11.6 Å². The highest BCUT2D eigenvalue weighted by atomic mass is 19.1. The molecule has 0 aliphatic carbocycles. The molecule has 1 aromatic carbocycles. The minimum absolute atomic E-state index is 0.175. The molecular weight excluding hydrogens is 235 g/mol. The van der Waals surface area contributed by atoms with Crippen LogP contribution in [-0.2, 0) is 0 Å². The summed E-state index contributed by atoms with van der Waals surface area (Å²) in [7, 11) is 2.03. The Morgan fingerprint density at radius 2 is 2.00 bits per heavy atom. The van der Waals surface area contributed by atoms with E-state index in [1.807, 2.05) is 12.1 Å². The van der Waals surface area contributed by atoms with Gasteiger partial charge in [0.05, 0.1) is 5.56 Å². The summed E-state index contributed by atoms with van der Waals surface area (Å²) in [6.45, 7) is 3.27. The zero-order valence-electron chi connectivity index (χ0n) is 10.3. The minimum Gasteiger partial charge on any atom is -0.398 e. The number of halogens is 1. The molecule has 0 aromatic heterocycles. The van der Waals surface area contributed by atoms with E-state index in [1.54, 1.807) is 0 Å². The molecule has 1 saturated heterocycles. The summed E-state index contributed by atoms with van der Waals surface area (Å²) in [5.41, 5.74) is 8.86. The lowest BCUT2D eigenvalue weighted by Gasteiger charge is -2.32. The molecule has 0 radical (unpaired) electrons. The fourth-order valence-corrected chi connectivity index (χ4v) is 1.85. The molecule has 98 valence electrons. The van der Waals surface area contributed by atoms with Crippen molar-refractivity contribution in [3.8, 4) is 0 Å². The van der Waals surface area contributed by atoms with Gasteiger partial charge in [-0.25, -0.2) is 9.40 Å². The number of carbonyl (C=O) groups excluding carboxylic acids is 1. The zero-order chi connectivity index (χ0) is 13.1. The molecule has 1 fully saturated rings. The molecule has 1 amide bonds. The second-order valence-electron chi connectivity index (χ2n) is 4.46. The van der Waals surface area contributed by atoms with Gasteiger partial charge in [0, 0.05) is 31.9 Å². The molecule has 2 rings (SSSR count). The summed E-state index contributed by atoms with van der Waals surface area (Å²) in [6, 6.07) is 3.79. The van der Waals surface area contributed by atoms with Crippen LogP contribution in [0.25, 0.3) is 0 Å². The average Bonchev–Trinajstić information content (AvgIpc) is 2.35. The molecule has 3 N–H and O–H groups in total. The van der Waals surface area contributed by atoms with Crippen molar-refractivity contribution in [2.24, 2.45) is 0 Å². The van der Waals surface area contributed by atoms with Gasteiger partial charge < -0.3 is 10.6 Å². The van der Waals surface area contributed by atoms with Gasteiger partial charge >= 0.3 is 0 Å². The Kier molecular flexibility index (Phi) is 3.78.